The van der Waals surface area contributed by atoms with Crippen LogP contribution in [0.5, 0.6) is 0 Å². The molecule has 11 aromatic rings. The van der Waals surface area contributed by atoms with Gasteiger partial charge < -0.3 is 9.13 Å². The lowest BCUT2D eigenvalue weighted by Crippen LogP contribution is -2.02. The molecule has 0 spiro atoms. The lowest BCUT2D eigenvalue weighted by molar-refractivity contribution is 1.09. The van der Waals surface area contributed by atoms with E-state index in [1.54, 1.807) is 0 Å². The number of hydrogen-bond acceptors (Lipinski definition) is 1. The standard InChI is InChI=1S/C49H32N4/c1-2-15-33(16-3-1)49-50-43-23-8-13-28-48(43)53(49)38-31-35(30-37(32-38)52-46-26-11-6-21-41(46)42-22-7-12-27-47(42)52)34-17-14-18-36(29-34)51-44-24-9-4-19-39(44)40-20-5-10-25-45(40)51/h1-32H. The van der Waals surface area contributed by atoms with E-state index in [4.69, 9.17) is 4.98 Å². The number of nitrogens with zero attached hydrogens (tertiary/aromatic N) is 4. The highest BCUT2D eigenvalue weighted by Gasteiger charge is 2.19. The van der Waals surface area contributed by atoms with Gasteiger partial charge in [0.2, 0.25) is 0 Å². The zero-order chi connectivity index (χ0) is 34.9. The summed E-state index contributed by atoms with van der Waals surface area (Å²) in [5.41, 5.74) is 13.4. The van der Waals surface area contributed by atoms with Gasteiger partial charge in [0.1, 0.15) is 5.82 Å². The first-order chi connectivity index (χ1) is 26.3. The van der Waals surface area contributed by atoms with Crippen LogP contribution in [-0.4, -0.2) is 18.7 Å². The van der Waals surface area contributed by atoms with Gasteiger partial charge in [-0.2, -0.15) is 0 Å². The summed E-state index contributed by atoms with van der Waals surface area (Å²) in [4.78, 5) is 5.21. The highest BCUT2D eigenvalue weighted by Crippen LogP contribution is 2.38. The van der Waals surface area contributed by atoms with Gasteiger partial charge in [0.15, 0.2) is 0 Å². The van der Waals surface area contributed by atoms with Crippen LogP contribution in [-0.2, 0) is 0 Å². The first-order valence-corrected chi connectivity index (χ1v) is 18.1. The van der Waals surface area contributed by atoms with E-state index in [0.717, 1.165) is 50.6 Å². The number of imidazole rings is 1. The summed E-state index contributed by atoms with van der Waals surface area (Å²) in [6.07, 6.45) is 0. The van der Waals surface area contributed by atoms with Gasteiger partial charge >= 0.3 is 0 Å². The van der Waals surface area contributed by atoms with Crippen LogP contribution in [0.15, 0.2) is 194 Å². The maximum atomic E-state index is 5.21. The van der Waals surface area contributed by atoms with E-state index in [2.05, 4.69) is 208 Å². The van der Waals surface area contributed by atoms with Crippen molar-refractivity contribution in [3.63, 3.8) is 0 Å². The molecule has 0 saturated carbocycles. The van der Waals surface area contributed by atoms with E-state index in [1.807, 2.05) is 0 Å². The molecular formula is C49H32N4. The van der Waals surface area contributed by atoms with Gasteiger partial charge in [-0.1, -0.05) is 127 Å². The second kappa shape index (κ2) is 11.7. The fourth-order valence-electron chi connectivity index (χ4n) is 8.31. The molecule has 0 unspecified atom stereocenters. The molecular weight excluding hydrogens is 645 g/mol. The lowest BCUT2D eigenvalue weighted by atomic mass is 10.0. The quantitative estimate of drug-likeness (QED) is 0.178. The van der Waals surface area contributed by atoms with Crippen molar-refractivity contribution in [2.24, 2.45) is 0 Å². The maximum Gasteiger partial charge on any atom is 0.145 e. The molecule has 0 aliphatic heterocycles. The molecule has 4 heteroatoms. The average molecular weight is 677 g/mol. The Labute approximate surface area is 306 Å². The lowest BCUT2D eigenvalue weighted by Gasteiger charge is -2.17. The molecule has 0 atom stereocenters. The van der Waals surface area contributed by atoms with Crippen LogP contribution in [0.2, 0.25) is 0 Å². The first kappa shape index (κ1) is 29.5. The molecule has 0 radical (unpaired) electrons. The molecule has 0 aliphatic rings. The number of benzene rings is 8. The van der Waals surface area contributed by atoms with Gasteiger partial charge in [-0.25, -0.2) is 4.98 Å². The Hall–Kier alpha value is -7.17. The molecule has 3 aromatic heterocycles. The molecule has 4 nitrogen and oxygen atoms in total. The summed E-state index contributed by atoms with van der Waals surface area (Å²) >= 11 is 0. The smallest absolute Gasteiger partial charge is 0.145 e. The summed E-state index contributed by atoms with van der Waals surface area (Å²) in [5.74, 6) is 0.913. The SMILES string of the molecule is c1ccc(-c2nc3ccccc3n2-c2cc(-c3cccc(-n4c5ccccc5c5ccccc54)c3)cc(-n3c4ccccc4c4ccccc43)c2)cc1. The van der Waals surface area contributed by atoms with Crippen molar-refractivity contribution in [1.82, 2.24) is 18.7 Å². The molecule has 0 N–H and O–H groups in total. The van der Waals surface area contributed by atoms with E-state index in [9.17, 15) is 0 Å². The summed E-state index contributed by atoms with van der Waals surface area (Å²) in [7, 11) is 0. The normalized spacial score (nSPS) is 11.8. The minimum absolute atomic E-state index is 0.913. The van der Waals surface area contributed by atoms with Crippen LogP contribution in [0, 0.1) is 0 Å². The fourth-order valence-corrected chi connectivity index (χ4v) is 8.31. The van der Waals surface area contributed by atoms with Crippen LogP contribution in [0.25, 0.3) is 94.2 Å². The average Bonchev–Trinajstić information content (AvgIpc) is 3.89. The number of fused-ring (bicyclic) bond motifs is 7. The third-order valence-electron chi connectivity index (χ3n) is 10.6. The largest absolute Gasteiger partial charge is 0.309 e. The molecule has 8 aromatic carbocycles. The van der Waals surface area contributed by atoms with Crippen LogP contribution >= 0.6 is 0 Å². The predicted molar refractivity (Wildman–Crippen MR) is 221 cm³/mol. The van der Waals surface area contributed by atoms with Crippen molar-refractivity contribution >= 4 is 54.6 Å². The fraction of sp³-hybridized carbons (Fsp3) is 0. The van der Waals surface area contributed by atoms with Crippen molar-refractivity contribution in [1.29, 1.82) is 0 Å². The summed E-state index contributed by atoms with van der Waals surface area (Å²) in [6.45, 7) is 0. The second-order valence-corrected chi connectivity index (χ2v) is 13.7. The Morgan fingerprint density at radius 3 is 1.30 bits per heavy atom. The molecule has 3 heterocycles. The zero-order valence-electron chi connectivity index (χ0n) is 28.8. The zero-order valence-corrected chi connectivity index (χ0v) is 28.8. The molecule has 11 rings (SSSR count). The number of para-hydroxylation sites is 6. The minimum Gasteiger partial charge on any atom is -0.309 e. The second-order valence-electron chi connectivity index (χ2n) is 13.7. The van der Waals surface area contributed by atoms with Gasteiger partial charge in [-0.05, 0) is 77.9 Å². The molecule has 53 heavy (non-hydrogen) atoms. The van der Waals surface area contributed by atoms with Crippen LogP contribution in [0.4, 0.5) is 0 Å². The van der Waals surface area contributed by atoms with Crippen molar-refractivity contribution in [3.05, 3.63) is 194 Å². The summed E-state index contributed by atoms with van der Waals surface area (Å²) in [6, 6.07) is 69.7. The van der Waals surface area contributed by atoms with Crippen LogP contribution < -0.4 is 0 Å². The highest BCUT2D eigenvalue weighted by molar-refractivity contribution is 6.10. The summed E-state index contributed by atoms with van der Waals surface area (Å²) < 4.78 is 7.13. The van der Waals surface area contributed by atoms with E-state index in [1.165, 1.54) is 43.6 Å². The molecule has 0 bridgehead atoms. The number of rotatable bonds is 5. The van der Waals surface area contributed by atoms with E-state index < -0.39 is 0 Å². The van der Waals surface area contributed by atoms with Gasteiger partial charge in [0.25, 0.3) is 0 Å². The van der Waals surface area contributed by atoms with Crippen molar-refractivity contribution in [2.75, 3.05) is 0 Å². The topological polar surface area (TPSA) is 27.7 Å². The predicted octanol–water partition coefficient (Wildman–Crippen LogP) is 12.6. The highest BCUT2D eigenvalue weighted by atomic mass is 15.1. The van der Waals surface area contributed by atoms with Crippen molar-refractivity contribution in [2.45, 2.75) is 0 Å². The van der Waals surface area contributed by atoms with E-state index in [-0.39, 0.29) is 0 Å². The minimum atomic E-state index is 0.913. The third-order valence-corrected chi connectivity index (χ3v) is 10.6. The van der Waals surface area contributed by atoms with E-state index in [0.29, 0.717) is 0 Å². The monoisotopic (exact) mass is 676 g/mol. The van der Waals surface area contributed by atoms with Crippen LogP contribution in [0.1, 0.15) is 0 Å². The number of aromatic nitrogens is 4. The molecule has 0 saturated heterocycles. The Kier molecular flexibility index (Phi) is 6.52. The number of hydrogen-bond donors (Lipinski definition) is 0. The Morgan fingerprint density at radius 2 is 0.717 bits per heavy atom. The summed E-state index contributed by atoms with van der Waals surface area (Å²) in [5, 5.41) is 4.98. The van der Waals surface area contributed by atoms with Gasteiger partial charge in [0, 0.05) is 38.5 Å². The Morgan fingerprint density at radius 1 is 0.283 bits per heavy atom. The maximum absolute atomic E-state index is 5.21. The molecule has 0 fully saturated rings. The van der Waals surface area contributed by atoms with Gasteiger partial charge in [-0.15, -0.1) is 0 Å². The van der Waals surface area contributed by atoms with Crippen LogP contribution in [0.3, 0.4) is 0 Å². The third kappa shape index (κ3) is 4.59. The van der Waals surface area contributed by atoms with Crippen molar-refractivity contribution in [3.8, 4) is 39.6 Å². The van der Waals surface area contributed by atoms with Gasteiger partial charge in [0.05, 0.1) is 38.8 Å². The Bertz CT molecular complexity index is 3070. The molecule has 0 amide bonds. The van der Waals surface area contributed by atoms with E-state index >= 15 is 0 Å². The van der Waals surface area contributed by atoms with Crippen molar-refractivity contribution < 1.29 is 0 Å². The first-order valence-electron chi connectivity index (χ1n) is 18.1. The molecule has 0 aliphatic carbocycles. The van der Waals surface area contributed by atoms with Gasteiger partial charge in [-0.3, -0.25) is 4.57 Å². The molecule has 248 valence electrons. The Balaban J connectivity index is 1.21.